The summed E-state index contributed by atoms with van der Waals surface area (Å²) in [7, 11) is 3.41. The van der Waals surface area contributed by atoms with Crippen LogP contribution in [0.3, 0.4) is 0 Å². The zero-order valence-corrected chi connectivity index (χ0v) is 12.2. The number of carbonyl (C=O) groups is 2. The number of hydrogen-bond donors (Lipinski definition) is 2. The first-order valence-corrected chi connectivity index (χ1v) is 6.80. The molecule has 5 nitrogen and oxygen atoms in total. The standard InChI is InChI=1S/C15H21N3O2/c1-15(8-5-9-16-15)14(20)17-12-7-4-6-11(10-12)13(19)18(2)3/h4,6-7,10,16H,5,8-9H2,1-3H3,(H,17,20). The van der Waals surface area contributed by atoms with Crippen molar-refractivity contribution >= 4 is 17.5 Å². The maximum atomic E-state index is 12.3. The van der Waals surface area contributed by atoms with Crippen LogP contribution in [0.1, 0.15) is 30.1 Å². The maximum absolute atomic E-state index is 12.3. The first-order valence-electron chi connectivity index (χ1n) is 6.80. The molecular formula is C15H21N3O2. The molecule has 1 saturated heterocycles. The number of carbonyl (C=O) groups excluding carboxylic acids is 2. The van der Waals surface area contributed by atoms with Crippen LogP contribution in [0.5, 0.6) is 0 Å². The molecular weight excluding hydrogens is 254 g/mol. The van der Waals surface area contributed by atoms with Crippen LogP contribution >= 0.6 is 0 Å². The van der Waals surface area contributed by atoms with Gasteiger partial charge < -0.3 is 15.5 Å². The molecule has 20 heavy (non-hydrogen) atoms. The van der Waals surface area contributed by atoms with Gasteiger partial charge in [0.1, 0.15) is 0 Å². The number of anilines is 1. The van der Waals surface area contributed by atoms with Gasteiger partial charge in [0.2, 0.25) is 5.91 Å². The van der Waals surface area contributed by atoms with Crippen molar-refractivity contribution in [2.24, 2.45) is 0 Å². The Morgan fingerprint density at radius 1 is 1.35 bits per heavy atom. The summed E-state index contributed by atoms with van der Waals surface area (Å²) in [6.07, 6.45) is 1.83. The van der Waals surface area contributed by atoms with Gasteiger partial charge >= 0.3 is 0 Å². The van der Waals surface area contributed by atoms with Crippen LogP contribution in [0.25, 0.3) is 0 Å². The Kier molecular flexibility index (Phi) is 4.09. The molecule has 108 valence electrons. The molecule has 1 heterocycles. The highest BCUT2D eigenvalue weighted by molar-refractivity contribution is 6.00. The molecule has 0 bridgehead atoms. The zero-order valence-electron chi connectivity index (χ0n) is 12.2. The highest BCUT2D eigenvalue weighted by Gasteiger charge is 2.35. The first kappa shape index (κ1) is 14.5. The molecule has 2 N–H and O–H groups in total. The molecule has 1 unspecified atom stereocenters. The van der Waals surface area contributed by atoms with Crippen molar-refractivity contribution in [3.05, 3.63) is 29.8 Å². The summed E-state index contributed by atoms with van der Waals surface area (Å²) in [6.45, 7) is 2.77. The summed E-state index contributed by atoms with van der Waals surface area (Å²) in [5.74, 6) is -0.129. The Balaban J connectivity index is 2.12. The molecule has 5 heteroatoms. The molecule has 2 amide bonds. The van der Waals surface area contributed by atoms with Crippen LogP contribution in [0, 0.1) is 0 Å². The predicted octanol–water partition coefficient (Wildman–Crippen LogP) is 1.47. The van der Waals surface area contributed by atoms with Gasteiger partial charge in [0.15, 0.2) is 0 Å². The highest BCUT2D eigenvalue weighted by atomic mass is 16.2. The van der Waals surface area contributed by atoms with E-state index in [1.54, 1.807) is 38.4 Å². The fourth-order valence-electron chi connectivity index (χ4n) is 2.35. The normalized spacial score (nSPS) is 21.6. The molecule has 0 radical (unpaired) electrons. The fourth-order valence-corrected chi connectivity index (χ4v) is 2.35. The van der Waals surface area contributed by atoms with Gasteiger partial charge in [-0.15, -0.1) is 0 Å². The number of rotatable bonds is 3. The zero-order chi connectivity index (χ0) is 14.8. The highest BCUT2D eigenvalue weighted by Crippen LogP contribution is 2.21. The van der Waals surface area contributed by atoms with Crippen molar-refractivity contribution in [2.45, 2.75) is 25.3 Å². The van der Waals surface area contributed by atoms with Crippen molar-refractivity contribution in [1.82, 2.24) is 10.2 Å². The third-order valence-corrected chi connectivity index (χ3v) is 3.64. The van der Waals surface area contributed by atoms with Crippen molar-refractivity contribution in [1.29, 1.82) is 0 Å². The second-order valence-electron chi connectivity index (χ2n) is 5.60. The predicted molar refractivity (Wildman–Crippen MR) is 78.7 cm³/mol. The molecule has 1 aliphatic rings. The third-order valence-electron chi connectivity index (χ3n) is 3.64. The Bertz CT molecular complexity index is 520. The van der Waals surface area contributed by atoms with E-state index in [1.165, 1.54) is 4.90 Å². The molecule has 2 rings (SSSR count). The lowest BCUT2D eigenvalue weighted by molar-refractivity contribution is -0.121. The van der Waals surface area contributed by atoms with Gasteiger partial charge in [0.05, 0.1) is 5.54 Å². The molecule has 0 spiro atoms. The molecule has 0 saturated carbocycles. The Hall–Kier alpha value is -1.88. The minimum atomic E-state index is -0.512. The Labute approximate surface area is 119 Å². The monoisotopic (exact) mass is 275 g/mol. The molecule has 0 aromatic heterocycles. The van der Waals surface area contributed by atoms with Crippen molar-refractivity contribution < 1.29 is 9.59 Å². The molecule has 1 aromatic carbocycles. The Morgan fingerprint density at radius 3 is 2.70 bits per heavy atom. The minimum Gasteiger partial charge on any atom is -0.345 e. The van der Waals surface area contributed by atoms with Gasteiger partial charge in [0, 0.05) is 25.3 Å². The fraction of sp³-hybridized carbons (Fsp3) is 0.467. The summed E-state index contributed by atoms with van der Waals surface area (Å²) in [5, 5.41) is 6.11. The molecule has 1 fully saturated rings. The lowest BCUT2D eigenvalue weighted by atomic mass is 9.99. The lowest BCUT2D eigenvalue weighted by Crippen LogP contribution is -2.47. The summed E-state index contributed by atoms with van der Waals surface area (Å²) >= 11 is 0. The van der Waals surface area contributed by atoms with Crippen LogP contribution in [0.4, 0.5) is 5.69 Å². The molecule has 1 aliphatic heterocycles. The number of benzene rings is 1. The van der Waals surface area contributed by atoms with E-state index in [2.05, 4.69) is 10.6 Å². The second-order valence-corrected chi connectivity index (χ2v) is 5.60. The van der Waals surface area contributed by atoms with Crippen molar-refractivity contribution in [3.8, 4) is 0 Å². The van der Waals surface area contributed by atoms with E-state index in [9.17, 15) is 9.59 Å². The van der Waals surface area contributed by atoms with Gasteiger partial charge in [-0.1, -0.05) is 6.07 Å². The number of nitrogens with one attached hydrogen (secondary N) is 2. The van der Waals surface area contributed by atoms with Gasteiger partial charge in [-0.3, -0.25) is 9.59 Å². The van der Waals surface area contributed by atoms with Crippen LogP contribution in [-0.4, -0.2) is 42.9 Å². The van der Waals surface area contributed by atoms with Gasteiger partial charge in [-0.2, -0.15) is 0 Å². The van der Waals surface area contributed by atoms with Crippen molar-refractivity contribution in [3.63, 3.8) is 0 Å². The summed E-state index contributed by atoms with van der Waals surface area (Å²) in [5.41, 5.74) is 0.705. The van der Waals surface area contributed by atoms with Crippen LogP contribution < -0.4 is 10.6 Å². The maximum Gasteiger partial charge on any atom is 0.253 e. The average molecular weight is 275 g/mol. The molecule has 1 aromatic rings. The van der Waals surface area contributed by atoms with E-state index in [1.807, 2.05) is 6.92 Å². The smallest absolute Gasteiger partial charge is 0.253 e. The summed E-state index contributed by atoms with van der Waals surface area (Å²) in [6, 6.07) is 7.02. The van der Waals surface area contributed by atoms with Crippen LogP contribution in [0.2, 0.25) is 0 Å². The second kappa shape index (κ2) is 5.63. The number of amides is 2. The van der Waals surface area contributed by atoms with Gasteiger partial charge in [-0.25, -0.2) is 0 Å². The Morgan fingerprint density at radius 2 is 2.10 bits per heavy atom. The lowest BCUT2D eigenvalue weighted by Gasteiger charge is -2.23. The molecule has 0 aliphatic carbocycles. The van der Waals surface area contributed by atoms with E-state index in [0.717, 1.165) is 19.4 Å². The van der Waals surface area contributed by atoms with E-state index < -0.39 is 5.54 Å². The van der Waals surface area contributed by atoms with E-state index in [4.69, 9.17) is 0 Å². The largest absolute Gasteiger partial charge is 0.345 e. The van der Waals surface area contributed by atoms with Crippen LogP contribution in [-0.2, 0) is 4.79 Å². The van der Waals surface area contributed by atoms with Gasteiger partial charge in [-0.05, 0) is 44.5 Å². The number of nitrogens with zero attached hydrogens (tertiary/aromatic N) is 1. The van der Waals surface area contributed by atoms with E-state index in [-0.39, 0.29) is 11.8 Å². The third kappa shape index (κ3) is 2.99. The van der Waals surface area contributed by atoms with Crippen LogP contribution in [0.15, 0.2) is 24.3 Å². The summed E-state index contributed by atoms with van der Waals surface area (Å²) in [4.78, 5) is 25.7. The van der Waals surface area contributed by atoms with E-state index in [0.29, 0.717) is 11.3 Å². The topological polar surface area (TPSA) is 61.4 Å². The van der Waals surface area contributed by atoms with E-state index >= 15 is 0 Å². The molecule has 1 atom stereocenters. The SMILES string of the molecule is CN(C)C(=O)c1cccc(NC(=O)C2(C)CCCN2)c1. The minimum absolute atomic E-state index is 0.0514. The van der Waals surface area contributed by atoms with Crippen molar-refractivity contribution in [2.75, 3.05) is 26.0 Å². The first-order chi connectivity index (χ1) is 9.42. The van der Waals surface area contributed by atoms with Gasteiger partial charge in [0.25, 0.3) is 5.91 Å². The average Bonchev–Trinajstić information content (AvgIpc) is 2.86. The summed E-state index contributed by atoms with van der Waals surface area (Å²) < 4.78 is 0. The number of hydrogen-bond acceptors (Lipinski definition) is 3. The quantitative estimate of drug-likeness (QED) is 0.878.